The van der Waals surface area contributed by atoms with Gasteiger partial charge in [0.25, 0.3) is 0 Å². The zero-order chi connectivity index (χ0) is 25.4. The molecule has 3 fully saturated rings. The fraction of sp³-hybridized carbons (Fsp3) is 0.655. The Bertz CT molecular complexity index is 1110. The van der Waals surface area contributed by atoms with Crippen LogP contribution in [-0.2, 0) is 23.9 Å². The Morgan fingerprint density at radius 1 is 1.11 bits per heavy atom. The first-order chi connectivity index (χ1) is 16.3. The smallest absolute Gasteiger partial charge is 0.331 e. The summed E-state index contributed by atoms with van der Waals surface area (Å²) < 4.78 is 12.1. The van der Waals surface area contributed by atoms with Gasteiger partial charge >= 0.3 is 11.9 Å². The number of Topliss-reactive ketones (excluding diaryl/α,β-unsaturated/α-hetero) is 1. The number of esters is 2. The molecule has 0 spiro atoms. The molecule has 6 heteroatoms. The standard InChI is InChI=1S/C29H37NO5/c1-17(31)34-23-14-20-26(2,3)22(32)10-12-27(20,4)19-9-11-28(5)21(29(19,23)6)15-24(33)35-25(28)18-8-7-13-30-16-18/h7-8,13,15-16,19-20,23,25H,9-12,14H2,1-6H3/t19?,20?,23-,25+,27-,28-,29-/m1/s1. The maximum atomic E-state index is 13.0. The summed E-state index contributed by atoms with van der Waals surface area (Å²) in [4.78, 5) is 42.7. The molecule has 1 aliphatic heterocycles. The lowest BCUT2D eigenvalue weighted by molar-refractivity contribution is -0.210. The van der Waals surface area contributed by atoms with Crippen molar-refractivity contribution in [3.8, 4) is 0 Å². The number of ether oxygens (including phenoxy) is 2. The van der Waals surface area contributed by atoms with Crippen LogP contribution in [0, 0.1) is 33.5 Å². The van der Waals surface area contributed by atoms with Crippen molar-refractivity contribution in [2.24, 2.45) is 33.5 Å². The third kappa shape index (κ3) is 3.27. The normalized spacial score (nSPS) is 42.1. The van der Waals surface area contributed by atoms with E-state index in [2.05, 4.69) is 39.6 Å². The second-order valence-corrected chi connectivity index (χ2v) is 12.5. The van der Waals surface area contributed by atoms with Crippen molar-refractivity contribution in [1.29, 1.82) is 0 Å². The fourth-order valence-electron chi connectivity index (χ4n) is 8.76. The highest BCUT2D eigenvalue weighted by atomic mass is 16.5. The third-order valence-electron chi connectivity index (χ3n) is 10.4. The first-order valence-corrected chi connectivity index (χ1v) is 12.9. The van der Waals surface area contributed by atoms with Crippen molar-refractivity contribution < 1.29 is 23.9 Å². The molecule has 2 unspecified atom stereocenters. The van der Waals surface area contributed by atoms with Gasteiger partial charge in [0.15, 0.2) is 0 Å². The minimum absolute atomic E-state index is 0.101. The van der Waals surface area contributed by atoms with Crippen molar-refractivity contribution in [3.05, 3.63) is 41.7 Å². The molecule has 6 nitrogen and oxygen atoms in total. The van der Waals surface area contributed by atoms with Crippen LogP contribution in [0.4, 0.5) is 0 Å². The maximum absolute atomic E-state index is 13.0. The fourth-order valence-corrected chi connectivity index (χ4v) is 8.76. The maximum Gasteiger partial charge on any atom is 0.331 e. The van der Waals surface area contributed by atoms with Crippen molar-refractivity contribution in [1.82, 2.24) is 4.98 Å². The van der Waals surface area contributed by atoms with Gasteiger partial charge in [-0.05, 0) is 54.6 Å². The first-order valence-electron chi connectivity index (χ1n) is 12.9. The number of rotatable bonds is 2. The lowest BCUT2D eigenvalue weighted by Crippen LogP contribution is -2.66. The van der Waals surface area contributed by atoms with Crippen LogP contribution < -0.4 is 0 Å². The summed E-state index contributed by atoms with van der Waals surface area (Å²) in [6, 6.07) is 3.83. The number of aromatic nitrogens is 1. The Hall–Kier alpha value is -2.50. The molecule has 1 aromatic rings. The zero-order valence-electron chi connectivity index (χ0n) is 21.7. The van der Waals surface area contributed by atoms with Crippen LogP contribution in [0.1, 0.15) is 85.3 Å². The van der Waals surface area contributed by atoms with E-state index in [1.54, 1.807) is 18.5 Å². The number of hydrogen-bond acceptors (Lipinski definition) is 6. The quantitative estimate of drug-likeness (QED) is 0.530. The topological polar surface area (TPSA) is 82.6 Å². The van der Waals surface area contributed by atoms with E-state index in [-0.39, 0.29) is 29.2 Å². The molecule has 0 amide bonds. The van der Waals surface area contributed by atoms with E-state index in [1.807, 2.05) is 12.1 Å². The summed E-state index contributed by atoms with van der Waals surface area (Å²) in [5.41, 5.74) is 0.336. The molecule has 1 aromatic heterocycles. The number of fused-ring (bicyclic) bond motifs is 5. The molecule has 188 valence electrons. The van der Waals surface area contributed by atoms with Gasteiger partial charge in [-0.3, -0.25) is 14.6 Å². The first kappa shape index (κ1) is 24.2. The highest BCUT2D eigenvalue weighted by molar-refractivity contribution is 5.86. The molecule has 35 heavy (non-hydrogen) atoms. The van der Waals surface area contributed by atoms with Gasteiger partial charge in [-0.25, -0.2) is 4.79 Å². The number of carbonyl (C=O) groups excluding carboxylic acids is 3. The van der Waals surface area contributed by atoms with Crippen LogP contribution in [-0.4, -0.2) is 28.8 Å². The molecule has 0 N–H and O–H groups in total. The second-order valence-electron chi connectivity index (χ2n) is 12.5. The Morgan fingerprint density at radius 2 is 1.86 bits per heavy atom. The summed E-state index contributed by atoms with van der Waals surface area (Å²) in [7, 11) is 0. The van der Waals surface area contributed by atoms with E-state index in [9.17, 15) is 14.4 Å². The van der Waals surface area contributed by atoms with Gasteiger partial charge in [-0.2, -0.15) is 0 Å². The van der Waals surface area contributed by atoms with Gasteiger partial charge in [0.2, 0.25) is 0 Å². The van der Waals surface area contributed by atoms with Crippen molar-refractivity contribution >= 4 is 17.7 Å². The Morgan fingerprint density at radius 3 is 2.51 bits per heavy atom. The molecule has 0 aromatic carbocycles. The SMILES string of the molecule is CC(=O)O[C@@H]1CC2C(C)(C)C(=O)CC[C@]2(C)C2CC[C@]3(C)C(=CC(=O)O[C@H]3c3cccnc3)[C@@]21C. The average molecular weight is 480 g/mol. The molecule has 5 rings (SSSR count). The number of nitrogens with zero attached hydrogens (tertiary/aromatic N) is 1. The van der Waals surface area contributed by atoms with Crippen LogP contribution in [0.2, 0.25) is 0 Å². The zero-order valence-corrected chi connectivity index (χ0v) is 21.7. The molecule has 0 radical (unpaired) electrons. The van der Waals surface area contributed by atoms with Gasteiger partial charge in [-0.1, -0.05) is 40.7 Å². The molecule has 2 heterocycles. The Labute approximate surface area is 207 Å². The summed E-state index contributed by atoms with van der Waals surface area (Å²) in [5.74, 6) is -0.115. The van der Waals surface area contributed by atoms with Crippen LogP contribution in [0.15, 0.2) is 36.2 Å². The van der Waals surface area contributed by atoms with E-state index in [0.717, 1.165) is 30.4 Å². The third-order valence-corrected chi connectivity index (χ3v) is 10.4. The highest BCUT2D eigenvalue weighted by Gasteiger charge is 2.69. The molecule has 3 aliphatic carbocycles. The average Bonchev–Trinajstić information content (AvgIpc) is 2.79. The van der Waals surface area contributed by atoms with Crippen LogP contribution in [0.25, 0.3) is 0 Å². The number of carbonyl (C=O) groups is 3. The summed E-state index contributed by atoms with van der Waals surface area (Å²) in [6.07, 6.45) is 8.07. The van der Waals surface area contributed by atoms with E-state index in [0.29, 0.717) is 18.6 Å². The predicted molar refractivity (Wildman–Crippen MR) is 130 cm³/mol. The van der Waals surface area contributed by atoms with Gasteiger partial charge in [0.1, 0.15) is 18.0 Å². The van der Waals surface area contributed by atoms with Gasteiger partial charge < -0.3 is 9.47 Å². The second kappa shape index (κ2) is 7.75. The summed E-state index contributed by atoms with van der Waals surface area (Å²) in [6.45, 7) is 12.3. The van der Waals surface area contributed by atoms with Crippen LogP contribution >= 0.6 is 0 Å². The van der Waals surface area contributed by atoms with E-state index in [1.165, 1.54) is 6.92 Å². The van der Waals surface area contributed by atoms with Gasteiger partial charge in [0, 0.05) is 53.6 Å². The molecule has 3 saturated carbocycles. The van der Waals surface area contributed by atoms with E-state index >= 15 is 0 Å². The van der Waals surface area contributed by atoms with Crippen LogP contribution in [0.3, 0.4) is 0 Å². The molecule has 4 aliphatic rings. The molecule has 0 bridgehead atoms. The lowest BCUT2D eigenvalue weighted by Gasteiger charge is -2.68. The van der Waals surface area contributed by atoms with Gasteiger partial charge in [-0.15, -0.1) is 0 Å². The van der Waals surface area contributed by atoms with Crippen LogP contribution in [0.5, 0.6) is 0 Å². The minimum Gasteiger partial charge on any atom is -0.462 e. The van der Waals surface area contributed by atoms with Crippen molar-refractivity contribution in [2.75, 3.05) is 0 Å². The van der Waals surface area contributed by atoms with Gasteiger partial charge in [0.05, 0.1) is 0 Å². The lowest BCUT2D eigenvalue weighted by atomic mass is 9.37. The Balaban J connectivity index is 1.68. The number of hydrogen-bond donors (Lipinski definition) is 0. The monoisotopic (exact) mass is 479 g/mol. The number of ketones is 1. The molecular weight excluding hydrogens is 442 g/mol. The number of cyclic esters (lactones) is 1. The Kier molecular flexibility index (Phi) is 5.36. The molecular formula is C29H37NO5. The summed E-state index contributed by atoms with van der Waals surface area (Å²) >= 11 is 0. The van der Waals surface area contributed by atoms with E-state index in [4.69, 9.17) is 9.47 Å². The van der Waals surface area contributed by atoms with Crippen molar-refractivity contribution in [3.63, 3.8) is 0 Å². The summed E-state index contributed by atoms with van der Waals surface area (Å²) in [5, 5.41) is 0. The largest absolute Gasteiger partial charge is 0.462 e. The minimum atomic E-state index is -0.541. The number of pyridine rings is 1. The molecule has 0 saturated heterocycles. The van der Waals surface area contributed by atoms with Crippen molar-refractivity contribution in [2.45, 2.75) is 85.9 Å². The predicted octanol–water partition coefficient (Wildman–Crippen LogP) is 5.38. The molecule has 7 atom stereocenters. The highest BCUT2D eigenvalue weighted by Crippen LogP contribution is 2.72. The van der Waals surface area contributed by atoms with E-state index < -0.39 is 28.5 Å².